The van der Waals surface area contributed by atoms with Crippen LogP contribution in [0.3, 0.4) is 0 Å². The monoisotopic (exact) mass is 402 g/mol. The summed E-state index contributed by atoms with van der Waals surface area (Å²) in [5.41, 5.74) is 1.62. The molecule has 0 radical (unpaired) electrons. The molecule has 2 aromatic carbocycles. The molecule has 3 nitrogen and oxygen atoms in total. The van der Waals surface area contributed by atoms with Crippen LogP contribution in [0.2, 0.25) is 0 Å². The summed E-state index contributed by atoms with van der Waals surface area (Å²) in [6, 6.07) is 16.3. The lowest BCUT2D eigenvalue weighted by Crippen LogP contribution is -3.22. The minimum absolute atomic E-state index is 0.162. The van der Waals surface area contributed by atoms with Crippen molar-refractivity contribution in [1.82, 2.24) is 0 Å². The van der Waals surface area contributed by atoms with Gasteiger partial charge in [0.05, 0.1) is 13.1 Å². The zero-order valence-electron chi connectivity index (χ0n) is 14.5. The van der Waals surface area contributed by atoms with Crippen LogP contribution in [0, 0.1) is 0 Å². The number of fused-ring (bicyclic) bond motifs is 1. The molecule has 0 spiro atoms. The molecule has 2 aliphatic heterocycles. The summed E-state index contributed by atoms with van der Waals surface area (Å²) in [7, 11) is 0. The van der Waals surface area contributed by atoms with E-state index >= 15 is 0 Å². The summed E-state index contributed by atoms with van der Waals surface area (Å²) in [5.74, 6) is 0.790. The molecule has 2 N–H and O–H groups in total. The predicted molar refractivity (Wildman–Crippen MR) is 102 cm³/mol. The van der Waals surface area contributed by atoms with E-state index in [1.54, 1.807) is 0 Å². The second-order valence-electron chi connectivity index (χ2n) is 7.44. The third-order valence-corrected chi connectivity index (χ3v) is 6.44. The maximum absolute atomic E-state index is 11.5. The molecule has 4 rings (SSSR count). The number of hydrogen-bond acceptors (Lipinski definition) is 2. The van der Waals surface area contributed by atoms with Crippen LogP contribution in [0.15, 0.2) is 53.0 Å². The van der Waals surface area contributed by atoms with Crippen molar-refractivity contribution in [2.24, 2.45) is 0 Å². The van der Waals surface area contributed by atoms with Crippen molar-refractivity contribution in [2.45, 2.75) is 43.9 Å². The van der Waals surface area contributed by atoms with E-state index in [-0.39, 0.29) is 6.10 Å². The Morgan fingerprint density at radius 3 is 2.52 bits per heavy atom. The van der Waals surface area contributed by atoms with Crippen molar-refractivity contribution in [3.8, 4) is 5.75 Å². The Balaban J connectivity index is 1.83. The number of likely N-dealkylation sites (tertiary alicyclic amines) is 1. The van der Waals surface area contributed by atoms with Crippen LogP contribution >= 0.6 is 15.9 Å². The molecule has 3 unspecified atom stereocenters. The summed E-state index contributed by atoms with van der Waals surface area (Å²) in [6.07, 6.45) is 2.99. The number of aliphatic hydroxyl groups excluding tert-OH is 1. The smallest absolute Gasteiger partial charge is 0.181 e. The molecular formula is C21H25BrNO2+. The molecule has 0 aliphatic carbocycles. The van der Waals surface area contributed by atoms with Crippen LogP contribution in [-0.2, 0) is 0 Å². The normalized spacial score (nSPS) is 29.7. The van der Waals surface area contributed by atoms with Gasteiger partial charge in [0.25, 0.3) is 0 Å². The fourth-order valence-corrected chi connectivity index (χ4v) is 4.87. The quantitative estimate of drug-likeness (QED) is 0.806. The van der Waals surface area contributed by atoms with Gasteiger partial charge in [-0.2, -0.15) is 0 Å². The second kappa shape index (κ2) is 6.75. The number of ether oxygens (including phenoxy) is 1. The highest BCUT2D eigenvalue weighted by Gasteiger charge is 2.55. The van der Waals surface area contributed by atoms with Crippen molar-refractivity contribution in [3.05, 3.63) is 64.1 Å². The van der Waals surface area contributed by atoms with Gasteiger partial charge in [-0.1, -0.05) is 46.3 Å². The Hall–Kier alpha value is -1.36. The van der Waals surface area contributed by atoms with Crippen molar-refractivity contribution < 1.29 is 14.7 Å². The minimum atomic E-state index is -0.563. The lowest BCUT2D eigenvalue weighted by atomic mass is 9.76. The van der Waals surface area contributed by atoms with Gasteiger partial charge in [0.15, 0.2) is 11.6 Å². The van der Waals surface area contributed by atoms with Gasteiger partial charge in [0, 0.05) is 10.0 Å². The average Bonchev–Trinajstić information content (AvgIpc) is 2.66. The number of rotatable bonds is 2. The van der Waals surface area contributed by atoms with E-state index in [4.69, 9.17) is 4.74 Å². The van der Waals surface area contributed by atoms with E-state index < -0.39 is 11.6 Å². The van der Waals surface area contributed by atoms with Gasteiger partial charge >= 0.3 is 0 Å². The van der Waals surface area contributed by atoms with E-state index in [1.165, 1.54) is 24.2 Å². The number of quaternary nitrogens is 1. The molecule has 25 heavy (non-hydrogen) atoms. The van der Waals surface area contributed by atoms with Gasteiger partial charge < -0.3 is 14.7 Å². The van der Waals surface area contributed by atoms with Gasteiger partial charge in [0.1, 0.15) is 11.9 Å². The van der Waals surface area contributed by atoms with E-state index in [9.17, 15) is 5.11 Å². The van der Waals surface area contributed by atoms with Gasteiger partial charge in [-0.05, 0) is 49.9 Å². The molecule has 132 valence electrons. The Labute approximate surface area is 157 Å². The fraction of sp³-hybridized carbons (Fsp3) is 0.429. The maximum atomic E-state index is 11.5. The van der Waals surface area contributed by atoms with Gasteiger partial charge in [-0.25, -0.2) is 0 Å². The van der Waals surface area contributed by atoms with Crippen LogP contribution in [0.4, 0.5) is 0 Å². The highest BCUT2D eigenvalue weighted by molar-refractivity contribution is 9.10. The first kappa shape index (κ1) is 17.1. The lowest BCUT2D eigenvalue weighted by Gasteiger charge is -2.50. The van der Waals surface area contributed by atoms with E-state index in [0.29, 0.717) is 0 Å². The van der Waals surface area contributed by atoms with Gasteiger partial charge in [-0.3, -0.25) is 0 Å². The molecule has 0 aromatic heterocycles. The first-order valence-electron chi connectivity index (χ1n) is 9.15. The van der Waals surface area contributed by atoms with E-state index in [1.807, 2.05) is 36.4 Å². The van der Waals surface area contributed by atoms with Crippen LogP contribution in [-0.4, -0.2) is 23.7 Å². The largest absolute Gasteiger partial charge is 0.479 e. The number of piperidine rings is 1. The van der Waals surface area contributed by atoms with Gasteiger partial charge in [0.2, 0.25) is 0 Å². The van der Waals surface area contributed by atoms with E-state index in [2.05, 4.69) is 35.0 Å². The predicted octanol–water partition coefficient (Wildman–Crippen LogP) is 3.44. The minimum Gasteiger partial charge on any atom is -0.479 e. The first-order chi connectivity index (χ1) is 12.1. The Kier molecular flexibility index (Phi) is 4.61. The number of halogens is 1. The molecular weight excluding hydrogens is 378 g/mol. The summed E-state index contributed by atoms with van der Waals surface area (Å²) in [5, 5.41) is 11.5. The molecule has 3 atom stereocenters. The Bertz CT molecular complexity index is 745. The third-order valence-electron chi connectivity index (χ3n) is 5.95. The maximum Gasteiger partial charge on any atom is 0.181 e. The molecule has 0 amide bonds. The average molecular weight is 403 g/mol. The molecule has 1 saturated heterocycles. The third kappa shape index (κ3) is 2.90. The first-order valence-corrected chi connectivity index (χ1v) is 9.94. The molecule has 2 aromatic rings. The molecule has 0 bridgehead atoms. The fourth-order valence-electron chi connectivity index (χ4n) is 4.49. The summed E-state index contributed by atoms with van der Waals surface area (Å²) in [4.78, 5) is 1.45. The van der Waals surface area contributed by atoms with Crippen LogP contribution in [0.1, 0.15) is 49.5 Å². The topological polar surface area (TPSA) is 33.9 Å². The molecule has 1 fully saturated rings. The van der Waals surface area contributed by atoms with Crippen LogP contribution in [0.5, 0.6) is 5.75 Å². The highest BCUT2D eigenvalue weighted by Crippen LogP contribution is 2.46. The molecule has 0 saturated carbocycles. The Morgan fingerprint density at radius 1 is 1.08 bits per heavy atom. The lowest BCUT2D eigenvalue weighted by molar-refractivity contribution is -0.965. The second-order valence-corrected chi connectivity index (χ2v) is 8.36. The standard InChI is InChI=1S/C21H24BrNO2/c1-21(23-12-6-3-7-13-23)19(24)17-14-16(22)10-11-18(17)25-20(21)15-8-4-2-5-9-15/h2,4-5,8-11,14,19-20,24H,3,6-7,12-13H2,1H3/p+1. The highest BCUT2D eigenvalue weighted by atomic mass is 79.9. The Morgan fingerprint density at radius 2 is 1.80 bits per heavy atom. The number of aliphatic hydroxyl groups is 1. The zero-order chi connectivity index (χ0) is 17.4. The number of nitrogens with one attached hydrogen (secondary N) is 1. The van der Waals surface area contributed by atoms with Crippen LogP contribution in [0.25, 0.3) is 0 Å². The van der Waals surface area contributed by atoms with Crippen molar-refractivity contribution in [2.75, 3.05) is 13.1 Å². The van der Waals surface area contributed by atoms with Crippen molar-refractivity contribution >= 4 is 15.9 Å². The zero-order valence-corrected chi connectivity index (χ0v) is 16.1. The van der Waals surface area contributed by atoms with Gasteiger partial charge in [-0.15, -0.1) is 0 Å². The summed E-state index contributed by atoms with van der Waals surface area (Å²) < 4.78 is 7.49. The SMILES string of the molecule is CC1([NH+]2CCCCC2)C(O)c2cc(Br)ccc2OC1c1ccccc1. The molecule has 2 heterocycles. The number of hydrogen-bond donors (Lipinski definition) is 2. The molecule has 4 heteroatoms. The van der Waals surface area contributed by atoms with Crippen LogP contribution < -0.4 is 9.64 Å². The number of benzene rings is 2. The summed E-state index contributed by atoms with van der Waals surface area (Å²) in [6.45, 7) is 4.37. The van der Waals surface area contributed by atoms with Crippen molar-refractivity contribution in [3.63, 3.8) is 0 Å². The van der Waals surface area contributed by atoms with E-state index in [0.717, 1.165) is 34.4 Å². The molecule has 2 aliphatic rings. The van der Waals surface area contributed by atoms with Crippen molar-refractivity contribution in [1.29, 1.82) is 0 Å². The summed E-state index contributed by atoms with van der Waals surface area (Å²) >= 11 is 3.54.